The Labute approximate surface area is 130 Å². The van der Waals surface area contributed by atoms with Crippen LogP contribution < -0.4 is 9.47 Å². The van der Waals surface area contributed by atoms with Gasteiger partial charge in [-0.25, -0.2) is 0 Å². The average molecular weight is 306 g/mol. The second kappa shape index (κ2) is 7.61. The summed E-state index contributed by atoms with van der Waals surface area (Å²) in [5, 5.41) is 0. The van der Waals surface area contributed by atoms with Gasteiger partial charge < -0.3 is 18.9 Å². The van der Waals surface area contributed by atoms with Gasteiger partial charge in [0.15, 0.2) is 18.9 Å². The molecule has 2 heterocycles. The van der Waals surface area contributed by atoms with Gasteiger partial charge in [-0.2, -0.15) is 0 Å². The fourth-order valence-electron chi connectivity index (χ4n) is 2.70. The maximum Gasteiger partial charge on any atom is 0.199 e. The molecule has 120 valence electrons. The first kappa shape index (κ1) is 15.3. The van der Waals surface area contributed by atoms with Crippen molar-refractivity contribution in [3.8, 4) is 11.5 Å². The van der Waals surface area contributed by atoms with Crippen molar-refractivity contribution in [2.24, 2.45) is 0 Å². The van der Waals surface area contributed by atoms with Gasteiger partial charge >= 0.3 is 0 Å². The molecule has 0 amide bonds. The molecule has 0 saturated carbocycles. The highest BCUT2D eigenvalue weighted by atomic mass is 16.7. The summed E-state index contributed by atoms with van der Waals surface area (Å²) < 4.78 is 22.6. The van der Waals surface area contributed by atoms with Crippen molar-refractivity contribution in [3.05, 3.63) is 23.8 Å². The molecule has 0 bridgehead atoms. The van der Waals surface area contributed by atoms with E-state index in [1.54, 1.807) is 12.1 Å². The van der Waals surface area contributed by atoms with Crippen LogP contribution in [0.2, 0.25) is 0 Å². The van der Waals surface area contributed by atoms with Gasteiger partial charge in [-0.15, -0.1) is 0 Å². The van der Waals surface area contributed by atoms with Crippen LogP contribution in [-0.4, -0.2) is 32.1 Å². The molecule has 0 N–H and O–H groups in total. The largest absolute Gasteiger partial charge is 0.465 e. The van der Waals surface area contributed by atoms with E-state index in [1.165, 1.54) is 0 Å². The Kier molecular flexibility index (Phi) is 5.29. The molecular formula is C17H22O5. The number of rotatable bonds is 5. The Hall–Kier alpha value is -1.59. The molecule has 2 fully saturated rings. The van der Waals surface area contributed by atoms with Crippen LogP contribution in [0.25, 0.3) is 0 Å². The highest BCUT2D eigenvalue weighted by Crippen LogP contribution is 2.27. The van der Waals surface area contributed by atoms with Crippen LogP contribution >= 0.6 is 0 Å². The third kappa shape index (κ3) is 3.99. The summed E-state index contributed by atoms with van der Waals surface area (Å²) in [6.45, 7) is 1.44. The van der Waals surface area contributed by atoms with E-state index in [1.807, 2.05) is 6.07 Å². The van der Waals surface area contributed by atoms with Crippen molar-refractivity contribution in [2.75, 3.05) is 13.2 Å². The summed E-state index contributed by atoms with van der Waals surface area (Å²) in [7, 11) is 0. The highest BCUT2D eigenvalue weighted by Gasteiger charge is 2.19. The number of ether oxygens (including phenoxy) is 4. The van der Waals surface area contributed by atoms with Crippen LogP contribution in [0.15, 0.2) is 18.2 Å². The Morgan fingerprint density at radius 3 is 2.23 bits per heavy atom. The summed E-state index contributed by atoms with van der Waals surface area (Å²) >= 11 is 0. The zero-order chi connectivity index (χ0) is 15.2. The van der Waals surface area contributed by atoms with Crippen molar-refractivity contribution in [1.82, 2.24) is 0 Å². The van der Waals surface area contributed by atoms with E-state index >= 15 is 0 Å². The lowest BCUT2D eigenvalue weighted by Crippen LogP contribution is -2.26. The number of aldehydes is 1. The van der Waals surface area contributed by atoms with Gasteiger partial charge in [0.25, 0.3) is 0 Å². The monoisotopic (exact) mass is 306 g/mol. The van der Waals surface area contributed by atoms with Gasteiger partial charge in [-0.1, -0.05) is 0 Å². The Balaban J connectivity index is 1.65. The zero-order valence-electron chi connectivity index (χ0n) is 12.7. The SMILES string of the molecule is O=Cc1cc(OC2CCCCO2)ccc1OC1CCCCO1. The molecule has 3 rings (SSSR count). The van der Waals surface area contributed by atoms with Crippen molar-refractivity contribution in [2.45, 2.75) is 51.1 Å². The molecule has 1 aromatic carbocycles. The van der Waals surface area contributed by atoms with Crippen LogP contribution in [0.1, 0.15) is 48.9 Å². The maximum absolute atomic E-state index is 11.3. The van der Waals surface area contributed by atoms with E-state index in [9.17, 15) is 4.79 Å². The van der Waals surface area contributed by atoms with E-state index in [0.29, 0.717) is 23.7 Å². The quantitative estimate of drug-likeness (QED) is 0.781. The lowest BCUT2D eigenvalue weighted by Gasteiger charge is -2.25. The summed E-state index contributed by atoms with van der Waals surface area (Å²) in [6, 6.07) is 5.27. The van der Waals surface area contributed by atoms with Gasteiger partial charge in [0.2, 0.25) is 0 Å². The highest BCUT2D eigenvalue weighted by molar-refractivity contribution is 5.80. The number of hydrogen-bond donors (Lipinski definition) is 0. The van der Waals surface area contributed by atoms with E-state index in [2.05, 4.69) is 0 Å². The topological polar surface area (TPSA) is 54.0 Å². The molecule has 2 atom stereocenters. The fraction of sp³-hybridized carbons (Fsp3) is 0.588. The Bertz CT molecular complexity index is 490. The Morgan fingerprint density at radius 2 is 1.64 bits per heavy atom. The lowest BCUT2D eigenvalue weighted by molar-refractivity contribution is -0.107. The first-order chi connectivity index (χ1) is 10.8. The first-order valence-electron chi connectivity index (χ1n) is 8.01. The average Bonchev–Trinajstić information content (AvgIpc) is 2.58. The minimum Gasteiger partial charge on any atom is -0.465 e. The van der Waals surface area contributed by atoms with E-state index in [0.717, 1.165) is 51.4 Å². The van der Waals surface area contributed by atoms with Crippen LogP contribution in [0.4, 0.5) is 0 Å². The second-order valence-electron chi connectivity index (χ2n) is 5.65. The number of hydrogen-bond acceptors (Lipinski definition) is 5. The van der Waals surface area contributed by atoms with Gasteiger partial charge in [0, 0.05) is 12.8 Å². The normalized spacial score (nSPS) is 25.5. The fourth-order valence-corrected chi connectivity index (χ4v) is 2.70. The molecule has 2 unspecified atom stereocenters. The predicted octanol–water partition coefficient (Wildman–Crippen LogP) is 3.31. The molecule has 0 radical (unpaired) electrons. The third-order valence-corrected chi connectivity index (χ3v) is 3.91. The van der Waals surface area contributed by atoms with E-state index < -0.39 is 0 Å². The molecule has 2 aliphatic heterocycles. The lowest BCUT2D eigenvalue weighted by atomic mass is 10.2. The van der Waals surface area contributed by atoms with Crippen molar-refractivity contribution >= 4 is 6.29 Å². The summed E-state index contributed by atoms with van der Waals surface area (Å²) in [5.41, 5.74) is 0.475. The zero-order valence-corrected chi connectivity index (χ0v) is 12.7. The molecule has 1 aromatic rings. The predicted molar refractivity (Wildman–Crippen MR) is 80.3 cm³/mol. The van der Waals surface area contributed by atoms with Crippen molar-refractivity contribution in [3.63, 3.8) is 0 Å². The van der Waals surface area contributed by atoms with Gasteiger partial charge in [-0.05, 0) is 43.9 Å². The molecule has 0 aromatic heterocycles. The van der Waals surface area contributed by atoms with E-state index in [-0.39, 0.29) is 12.6 Å². The summed E-state index contributed by atoms with van der Waals surface area (Å²) in [5.74, 6) is 1.17. The van der Waals surface area contributed by atoms with Crippen LogP contribution in [0.3, 0.4) is 0 Å². The van der Waals surface area contributed by atoms with Crippen LogP contribution in [0, 0.1) is 0 Å². The van der Waals surface area contributed by atoms with Crippen LogP contribution in [0.5, 0.6) is 11.5 Å². The molecular weight excluding hydrogens is 284 g/mol. The summed E-state index contributed by atoms with van der Waals surface area (Å²) in [6.07, 6.45) is 6.36. The van der Waals surface area contributed by atoms with Gasteiger partial charge in [-0.3, -0.25) is 4.79 Å². The van der Waals surface area contributed by atoms with Crippen molar-refractivity contribution in [1.29, 1.82) is 0 Å². The first-order valence-corrected chi connectivity index (χ1v) is 8.01. The van der Waals surface area contributed by atoms with E-state index in [4.69, 9.17) is 18.9 Å². The van der Waals surface area contributed by atoms with Crippen LogP contribution in [-0.2, 0) is 9.47 Å². The minimum atomic E-state index is -0.263. The molecule has 2 saturated heterocycles. The molecule has 5 heteroatoms. The number of benzene rings is 1. The standard InChI is InChI=1S/C17H22O5/c18-12-13-11-14(21-16-5-1-3-9-19-16)7-8-15(13)22-17-6-2-4-10-20-17/h7-8,11-12,16-17H,1-6,9-10H2. The Morgan fingerprint density at radius 1 is 0.955 bits per heavy atom. The molecule has 0 aliphatic carbocycles. The second-order valence-corrected chi connectivity index (χ2v) is 5.65. The number of carbonyl (C=O) groups is 1. The smallest absolute Gasteiger partial charge is 0.199 e. The van der Waals surface area contributed by atoms with Gasteiger partial charge in [0.1, 0.15) is 11.5 Å². The molecule has 5 nitrogen and oxygen atoms in total. The maximum atomic E-state index is 11.3. The molecule has 2 aliphatic rings. The van der Waals surface area contributed by atoms with Gasteiger partial charge in [0.05, 0.1) is 18.8 Å². The molecule has 0 spiro atoms. The molecule has 22 heavy (non-hydrogen) atoms. The third-order valence-electron chi connectivity index (χ3n) is 3.91. The summed E-state index contributed by atoms with van der Waals surface area (Å²) in [4.78, 5) is 11.3. The minimum absolute atomic E-state index is 0.221. The van der Waals surface area contributed by atoms with Crippen molar-refractivity contribution < 1.29 is 23.7 Å². The number of carbonyl (C=O) groups excluding carboxylic acids is 1.